The molecule has 2 aromatic rings. The summed E-state index contributed by atoms with van der Waals surface area (Å²) in [6.45, 7) is 1.18. The highest BCUT2D eigenvalue weighted by molar-refractivity contribution is 6.30. The maximum absolute atomic E-state index is 13.0. The van der Waals surface area contributed by atoms with Crippen molar-refractivity contribution in [2.24, 2.45) is 5.92 Å². The van der Waals surface area contributed by atoms with Crippen molar-refractivity contribution in [1.82, 2.24) is 4.90 Å². The first-order chi connectivity index (χ1) is 13.0. The lowest BCUT2D eigenvalue weighted by molar-refractivity contribution is -0.143. The van der Waals surface area contributed by atoms with E-state index in [2.05, 4.69) is 10.2 Å². The smallest absolute Gasteiger partial charge is 0.306 e. The Kier molecular flexibility index (Phi) is 4.89. The van der Waals surface area contributed by atoms with Crippen molar-refractivity contribution >= 4 is 29.2 Å². The summed E-state index contributed by atoms with van der Waals surface area (Å²) in [5, 5.41) is 12.9. The number of nitrogens with one attached hydrogen (secondary N) is 1. The minimum atomic E-state index is -0.750. The Morgan fingerprint density at radius 1 is 1.11 bits per heavy atom. The number of fused-ring (bicyclic) bond motifs is 1. The van der Waals surface area contributed by atoms with Crippen LogP contribution in [0.4, 0.5) is 5.69 Å². The predicted octanol–water partition coefficient (Wildman–Crippen LogP) is 3.59. The van der Waals surface area contributed by atoms with E-state index in [1.54, 1.807) is 6.07 Å². The zero-order valence-corrected chi connectivity index (χ0v) is 15.5. The molecule has 0 bridgehead atoms. The lowest BCUT2D eigenvalue weighted by Gasteiger charge is -2.42. The van der Waals surface area contributed by atoms with E-state index in [1.807, 2.05) is 42.5 Å². The Hall–Kier alpha value is -2.37. The summed E-state index contributed by atoms with van der Waals surface area (Å²) in [5.74, 6) is -1.27. The fourth-order valence-corrected chi connectivity index (χ4v) is 4.44. The van der Waals surface area contributed by atoms with Crippen LogP contribution in [0.15, 0.2) is 48.5 Å². The number of carbonyl (C=O) groups is 2. The number of nitrogens with zero attached hydrogens (tertiary/aromatic N) is 1. The number of amides is 1. The van der Waals surface area contributed by atoms with Gasteiger partial charge >= 0.3 is 5.97 Å². The molecule has 27 heavy (non-hydrogen) atoms. The molecule has 140 valence electrons. The van der Waals surface area contributed by atoms with Gasteiger partial charge < -0.3 is 10.4 Å². The third kappa shape index (κ3) is 3.45. The van der Waals surface area contributed by atoms with E-state index in [0.717, 1.165) is 16.8 Å². The summed E-state index contributed by atoms with van der Waals surface area (Å²) in [6.07, 6.45) is 1.12. The first-order valence-corrected chi connectivity index (χ1v) is 9.54. The Balaban J connectivity index is 1.73. The fraction of sp³-hybridized carbons (Fsp3) is 0.333. The van der Waals surface area contributed by atoms with Gasteiger partial charge in [0.25, 0.3) is 0 Å². The Morgan fingerprint density at radius 2 is 1.81 bits per heavy atom. The quantitative estimate of drug-likeness (QED) is 0.848. The van der Waals surface area contributed by atoms with E-state index in [9.17, 15) is 14.7 Å². The van der Waals surface area contributed by atoms with Gasteiger partial charge in [-0.2, -0.15) is 0 Å². The van der Waals surface area contributed by atoms with Crippen molar-refractivity contribution < 1.29 is 14.7 Å². The third-order valence-electron chi connectivity index (χ3n) is 5.62. The van der Waals surface area contributed by atoms with Crippen LogP contribution in [0, 0.1) is 5.92 Å². The molecular formula is C21H21ClN2O3. The normalized spacial score (nSPS) is 23.5. The highest BCUT2D eigenvalue weighted by atomic mass is 35.5. The average Bonchev–Trinajstić information content (AvgIpc) is 2.68. The maximum atomic E-state index is 13.0. The molecule has 0 aromatic heterocycles. The van der Waals surface area contributed by atoms with Crippen molar-refractivity contribution in [3.8, 4) is 0 Å². The first-order valence-electron chi connectivity index (χ1n) is 9.16. The van der Waals surface area contributed by atoms with Crippen LogP contribution in [0.2, 0.25) is 5.02 Å². The topological polar surface area (TPSA) is 69.6 Å². The molecule has 0 aliphatic carbocycles. The van der Waals surface area contributed by atoms with Gasteiger partial charge in [0.15, 0.2) is 0 Å². The zero-order valence-electron chi connectivity index (χ0n) is 14.8. The molecule has 4 rings (SSSR count). The second kappa shape index (κ2) is 7.33. The average molecular weight is 385 g/mol. The van der Waals surface area contributed by atoms with Gasteiger partial charge in [-0.25, -0.2) is 0 Å². The van der Waals surface area contributed by atoms with Crippen LogP contribution in [0.1, 0.15) is 29.9 Å². The van der Waals surface area contributed by atoms with Gasteiger partial charge in [0.05, 0.1) is 5.92 Å². The van der Waals surface area contributed by atoms with Gasteiger partial charge in [0.2, 0.25) is 5.91 Å². The minimum absolute atomic E-state index is 0.0487. The number of carboxylic acid groups (broad SMARTS) is 1. The number of benzene rings is 2. The maximum Gasteiger partial charge on any atom is 0.306 e. The molecule has 6 heteroatoms. The summed E-state index contributed by atoms with van der Waals surface area (Å²) in [7, 11) is 0. The van der Waals surface area contributed by atoms with Gasteiger partial charge in [0, 0.05) is 16.6 Å². The molecule has 0 spiro atoms. The number of rotatable bonds is 3. The lowest BCUT2D eigenvalue weighted by Crippen LogP contribution is -2.53. The van der Waals surface area contributed by atoms with Crippen molar-refractivity contribution in [3.63, 3.8) is 0 Å². The van der Waals surface area contributed by atoms with Gasteiger partial charge in [-0.05, 0) is 55.3 Å². The number of carbonyl (C=O) groups excluding carboxylic acids is 1. The van der Waals surface area contributed by atoms with Crippen molar-refractivity contribution in [2.45, 2.75) is 24.8 Å². The summed E-state index contributed by atoms with van der Waals surface area (Å²) in [4.78, 5) is 26.4. The first kappa shape index (κ1) is 18.0. The number of hydrogen-bond donors (Lipinski definition) is 2. The second-order valence-electron chi connectivity index (χ2n) is 7.20. The minimum Gasteiger partial charge on any atom is -0.481 e. The van der Waals surface area contributed by atoms with Crippen LogP contribution in [-0.2, 0) is 9.59 Å². The van der Waals surface area contributed by atoms with E-state index in [4.69, 9.17) is 11.6 Å². The molecule has 2 heterocycles. The molecule has 0 radical (unpaired) electrons. The van der Waals surface area contributed by atoms with Crippen LogP contribution in [-0.4, -0.2) is 41.0 Å². The predicted molar refractivity (Wildman–Crippen MR) is 104 cm³/mol. The highest BCUT2D eigenvalue weighted by Crippen LogP contribution is 2.41. The summed E-state index contributed by atoms with van der Waals surface area (Å²) in [6, 6.07) is 15.1. The van der Waals surface area contributed by atoms with E-state index < -0.39 is 5.97 Å². The van der Waals surface area contributed by atoms with Crippen LogP contribution in [0.5, 0.6) is 0 Å². The van der Waals surface area contributed by atoms with Crippen LogP contribution in [0.3, 0.4) is 0 Å². The molecule has 1 saturated heterocycles. The number of anilines is 1. The fourth-order valence-electron chi connectivity index (χ4n) is 4.26. The summed E-state index contributed by atoms with van der Waals surface area (Å²) >= 11 is 6.26. The molecule has 2 N–H and O–H groups in total. The standard InChI is InChI=1S/C21H21ClN2O3/c22-15-6-7-17-16(12-15)18(13-4-2-1-3-5-13)19(20(25)23-17)24-10-8-14(9-11-24)21(26)27/h1-7,12,14,18-19H,8-11H2,(H,23,25)(H,26,27)/t18-,19+/m1/s1. The van der Waals surface area contributed by atoms with E-state index in [0.29, 0.717) is 31.0 Å². The number of hydrogen-bond acceptors (Lipinski definition) is 3. The number of piperidine rings is 1. The molecule has 2 atom stereocenters. The molecule has 1 fully saturated rings. The van der Waals surface area contributed by atoms with E-state index >= 15 is 0 Å². The molecular weight excluding hydrogens is 364 g/mol. The largest absolute Gasteiger partial charge is 0.481 e. The molecule has 2 aliphatic heterocycles. The SMILES string of the molecule is O=C(O)C1CCN([C@@H]2C(=O)Nc3ccc(Cl)cc3[C@H]2c2ccccc2)CC1. The van der Waals surface area contributed by atoms with Crippen molar-refractivity contribution in [1.29, 1.82) is 0 Å². The van der Waals surface area contributed by atoms with Gasteiger partial charge in [0.1, 0.15) is 6.04 Å². The zero-order chi connectivity index (χ0) is 19.0. The monoisotopic (exact) mass is 384 g/mol. The summed E-state index contributed by atoms with van der Waals surface area (Å²) < 4.78 is 0. The van der Waals surface area contributed by atoms with E-state index in [-0.39, 0.29) is 23.8 Å². The molecule has 1 amide bonds. The number of likely N-dealkylation sites (tertiary alicyclic amines) is 1. The molecule has 2 aliphatic rings. The van der Waals surface area contributed by atoms with Gasteiger partial charge in [-0.15, -0.1) is 0 Å². The van der Waals surface area contributed by atoms with Crippen LogP contribution < -0.4 is 5.32 Å². The van der Waals surface area contributed by atoms with Crippen molar-refractivity contribution in [2.75, 3.05) is 18.4 Å². The molecule has 0 unspecified atom stereocenters. The van der Waals surface area contributed by atoms with Gasteiger partial charge in [-0.3, -0.25) is 14.5 Å². The number of halogens is 1. The van der Waals surface area contributed by atoms with E-state index in [1.165, 1.54) is 0 Å². The highest BCUT2D eigenvalue weighted by Gasteiger charge is 2.42. The Labute approximate surface area is 162 Å². The lowest BCUT2D eigenvalue weighted by atomic mass is 9.79. The second-order valence-corrected chi connectivity index (χ2v) is 7.64. The molecule has 2 aromatic carbocycles. The number of carboxylic acids is 1. The molecule has 0 saturated carbocycles. The van der Waals surface area contributed by atoms with Crippen molar-refractivity contribution in [3.05, 3.63) is 64.7 Å². The Morgan fingerprint density at radius 3 is 2.48 bits per heavy atom. The molecule has 5 nitrogen and oxygen atoms in total. The third-order valence-corrected chi connectivity index (χ3v) is 5.86. The van der Waals surface area contributed by atoms with Gasteiger partial charge in [-0.1, -0.05) is 41.9 Å². The summed E-state index contributed by atoms with van der Waals surface area (Å²) in [5.41, 5.74) is 2.84. The van der Waals surface area contributed by atoms with Crippen LogP contribution >= 0.6 is 11.6 Å². The van der Waals surface area contributed by atoms with Crippen LogP contribution in [0.25, 0.3) is 0 Å². The number of aliphatic carboxylic acids is 1. The Bertz CT molecular complexity index is 863.